The Kier molecular flexibility index (Phi) is 6.76. The Bertz CT molecular complexity index is 665. The number of aliphatic hydroxyl groups excluding tert-OH is 1. The molecule has 1 aromatic carbocycles. The molecule has 2 aliphatic rings. The fourth-order valence-electron chi connectivity index (χ4n) is 3.47. The maximum Gasteiger partial charge on any atom is 0.251 e. The van der Waals surface area contributed by atoms with E-state index in [0.717, 1.165) is 6.07 Å². The van der Waals surface area contributed by atoms with E-state index in [1.807, 2.05) is 0 Å². The standard InChI is InChI=1S/C19H25FN2O5/c20-14-3-1-2-13(10-14)19(25)21-16-5-4-15(27-17(16)12-23)11-18(24)22-6-8-26-9-7-22/h1-3,10,15-17,23H,4-9,11-12H2,(H,21,25)/t15-,16-,17-/m1/s1. The number of carbonyl (C=O) groups excluding carboxylic acids is 2. The Morgan fingerprint density at radius 2 is 2.04 bits per heavy atom. The van der Waals surface area contributed by atoms with Gasteiger partial charge in [-0.05, 0) is 31.0 Å². The maximum absolute atomic E-state index is 13.3. The molecule has 2 heterocycles. The summed E-state index contributed by atoms with van der Waals surface area (Å²) in [4.78, 5) is 26.4. The van der Waals surface area contributed by atoms with Crippen LogP contribution in [-0.4, -0.2) is 73.0 Å². The van der Waals surface area contributed by atoms with Crippen molar-refractivity contribution in [2.45, 2.75) is 37.5 Å². The van der Waals surface area contributed by atoms with Crippen molar-refractivity contribution < 1.29 is 28.6 Å². The third kappa shape index (κ3) is 5.24. The smallest absolute Gasteiger partial charge is 0.251 e. The minimum Gasteiger partial charge on any atom is -0.394 e. The molecule has 0 unspecified atom stereocenters. The van der Waals surface area contributed by atoms with Crippen molar-refractivity contribution >= 4 is 11.8 Å². The summed E-state index contributed by atoms with van der Waals surface area (Å²) in [5, 5.41) is 12.4. The average molecular weight is 380 g/mol. The summed E-state index contributed by atoms with van der Waals surface area (Å²) in [6.45, 7) is 1.99. The van der Waals surface area contributed by atoms with Gasteiger partial charge in [-0.2, -0.15) is 0 Å². The van der Waals surface area contributed by atoms with E-state index >= 15 is 0 Å². The van der Waals surface area contributed by atoms with Crippen LogP contribution in [0.3, 0.4) is 0 Å². The van der Waals surface area contributed by atoms with E-state index in [4.69, 9.17) is 9.47 Å². The number of aliphatic hydroxyl groups is 1. The second kappa shape index (κ2) is 9.25. The minimum atomic E-state index is -0.598. The molecular formula is C19H25FN2O5. The molecular weight excluding hydrogens is 355 g/mol. The van der Waals surface area contributed by atoms with Crippen LogP contribution >= 0.6 is 0 Å². The molecule has 0 saturated carbocycles. The van der Waals surface area contributed by atoms with Crippen LogP contribution in [-0.2, 0) is 14.3 Å². The Morgan fingerprint density at radius 1 is 1.26 bits per heavy atom. The van der Waals surface area contributed by atoms with Gasteiger partial charge in [-0.15, -0.1) is 0 Å². The summed E-state index contributed by atoms with van der Waals surface area (Å²) in [6.07, 6.45) is 0.535. The van der Waals surface area contributed by atoms with E-state index in [-0.39, 0.29) is 36.6 Å². The Balaban J connectivity index is 1.53. The van der Waals surface area contributed by atoms with Gasteiger partial charge in [-0.1, -0.05) is 6.07 Å². The summed E-state index contributed by atoms with van der Waals surface area (Å²) in [5.41, 5.74) is 0.219. The number of hydrogen-bond donors (Lipinski definition) is 2. The van der Waals surface area contributed by atoms with Gasteiger partial charge in [0.25, 0.3) is 5.91 Å². The molecule has 7 nitrogen and oxygen atoms in total. The van der Waals surface area contributed by atoms with Crippen molar-refractivity contribution in [1.82, 2.24) is 10.2 Å². The highest BCUT2D eigenvalue weighted by atomic mass is 19.1. The highest BCUT2D eigenvalue weighted by Crippen LogP contribution is 2.23. The molecule has 1 aromatic rings. The molecule has 0 aliphatic carbocycles. The summed E-state index contributed by atoms with van der Waals surface area (Å²) < 4.78 is 24.4. The quantitative estimate of drug-likeness (QED) is 0.786. The first-order valence-corrected chi connectivity index (χ1v) is 9.25. The highest BCUT2D eigenvalue weighted by Gasteiger charge is 2.34. The monoisotopic (exact) mass is 380 g/mol. The number of morpholine rings is 1. The lowest BCUT2D eigenvalue weighted by Gasteiger charge is -2.37. The summed E-state index contributed by atoms with van der Waals surface area (Å²) >= 11 is 0. The van der Waals surface area contributed by atoms with Gasteiger partial charge in [-0.25, -0.2) is 4.39 Å². The molecule has 8 heteroatoms. The minimum absolute atomic E-state index is 0.0160. The first-order chi connectivity index (χ1) is 13.1. The van der Waals surface area contributed by atoms with E-state index < -0.39 is 17.8 Å². The van der Waals surface area contributed by atoms with Crippen molar-refractivity contribution in [3.63, 3.8) is 0 Å². The Hall–Kier alpha value is -2.03. The highest BCUT2D eigenvalue weighted by molar-refractivity contribution is 5.94. The summed E-state index contributed by atoms with van der Waals surface area (Å²) in [6, 6.07) is 5.04. The molecule has 0 bridgehead atoms. The predicted octanol–water partition coefficient (Wildman–Crippen LogP) is 0.713. The van der Waals surface area contributed by atoms with Crippen LogP contribution in [0.15, 0.2) is 24.3 Å². The van der Waals surface area contributed by atoms with Crippen molar-refractivity contribution in [3.8, 4) is 0 Å². The number of halogens is 1. The van der Waals surface area contributed by atoms with Crippen LogP contribution < -0.4 is 5.32 Å². The van der Waals surface area contributed by atoms with Gasteiger partial charge in [0.1, 0.15) is 11.9 Å². The van der Waals surface area contributed by atoms with Crippen LogP contribution in [0.4, 0.5) is 4.39 Å². The first-order valence-electron chi connectivity index (χ1n) is 9.25. The second-order valence-corrected chi connectivity index (χ2v) is 6.84. The molecule has 2 N–H and O–H groups in total. The van der Waals surface area contributed by atoms with E-state index in [1.54, 1.807) is 4.90 Å². The number of ether oxygens (including phenoxy) is 2. The lowest BCUT2D eigenvalue weighted by atomic mass is 9.96. The van der Waals surface area contributed by atoms with Crippen molar-refractivity contribution in [2.24, 2.45) is 0 Å². The first kappa shape index (κ1) is 19.7. The number of nitrogens with zero attached hydrogens (tertiary/aromatic N) is 1. The van der Waals surface area contributed by atoms with Crippen LogP contribution in [0.25, 0.3) is 0 Å². The molecule has 0 aromatic heterocycles. The Labute approximate surface area is 157 Å². The molecule has 3 atom stereocenters. The van der Waals surface area contributed by atoms with Crippen molar-refractivity contribution in [1.29, 1.82) is 0 Å². The lowest BCUT2D eigenvalue weighted by Crippen LogP contribution is -2.52. The second-order valence-electron chi connectivity index (χ2n) is 6.84. The normalized spacial score (nSPS) is 25.9. The largest absolute Gasteiger partial charge is 0.394 e. The predicted molar refractivity (Wildman–Crippen MR) is 94.7 cm³/mol. The molecule has 0 radical (unpaired) electrons. The molecule has 0 spiro atoms. The number of nitrogens with one attached hydrogen (secondary N) is 1. The summed E-state index contributed by atoms with van der Waals surface area (Å²) in [5.74, 6) is -0.880. The number of hydrogen-bond acceptors (Lipinski definition) is 5. The average Bonchev–Trinajstić information content (AvgIpc) is 2.69. The Morgan fingerprint density at radius 3 is 2.74 bits per heavy atom. The molecule has 2 aliphatic heterocycles. The SMILES string of the molecule is O=C(N[C@@H]1CC[C@H](CC(=O)N2CCOCC2)O[C@@H]1CO)c1cccc(F)c1. The zero-order valence-corrected chi connectivity index (χ0v) is 15.1. The van der Waals surface area contributed by atoms with Crippen molar-refractivity contribution in [3.05, 3.63) is 35.6 Å². The number of amides is 2. The van der Waals surface area contributed by atoms with E-state index in [2.05, 4.69) is 5.32 Å². The molecule has 2 fully saturated rings. The third-order valence-electron chi connectivity index (χ3n) is 4.96. The van der Waals surface area contributed by atoms with Crippen LogP contribution in [0.2, 0.25) is 0 Å². The van der Waals surface area contributed by atoms with E-state index in [1.165, 1.54) is 18.2 Å². The maximum atomic E-state index is 13.3. The van der Waals surface area contributed by atoms with Crippen molar-refractivity contribution in [2.75, 3.05) is 32.9 Å². The van der Waals surface area contributed by atoms with Gasteiger partial charge in [-0.3, -0.25) is 9.59 Å². The molecule has 2 amide bonds. The molecule has 148 valence electrons. The number of rotatable bonds is 5. The molecule has 3 rings (SSSR count). The van der Waals surface area contributed by atoms with Crippen LogP contribution in [0, 0.1) is 5.82 Å². The molecule has 2 saturated heterocycles. The number of carbonyl (C=O) groups is 2. The fourth-order valence-corrected chi connectivity index (χ4v) is 3.47. The lowest BCUT2D eigenvalue weighted by molar-refractivity contribution is -0.143. The zero-order chi connectivity index (χ0) is 19.2. The van der Waals surface area contributed by atoms with Gasteiger partial charge < -0.3 is 24.8 Å². The van der Waals surface area contributed by atoms with Gasteiger partial charge in [0.2, 0.25) is 5.91 Å². The van der Waals surface area contributed by atoms with Gasteiger partial charge in [0, 0.05) is 18.7 Å². The molecule has 27 heavy (non-hydrogen) atoms. The van der Waals surface area contributed by atoms with E-state index in [9.17, 15) is 19.1 Å². The van der Waals surface area contributed by atoms with Crippen LogP contribution in [0.5, 0.6) is 0 Å². The third-order valence-corrected chi connectivity index (χ3v) is 4.96. The van der Waals surface area contributed by atoms with E-state index in [0.29, 0.717) is 39.1 Å². The van der Waals surface area contributed by atoms with Gasteiger partial charge >= 0.3 is 0 Å². The summed E-state index contributed by atoms with van der Waals surface area (Å²) in [7, 11) is 0. The zero-order valence-electron chi connectivity index (χ0n) is 15.1. The number of benzene rings is 1. The fraction of sp³-hybridized carbons (Fsp3) is 0.579. The van der Waals surface area contributed by atoms with Crippen LogP contribution in [0.1, 0.15) is 29.6 Å². The topological polar surface area (TPSA) is 88.1 Å². The van der Waals surface area contributed by atoms with Gasteiger partial charge in [0.15, 0.2) is 0 Å². The van der Waals surface area contributed by atoms with Gasteiger partial charge in [0.05, 0.1) is 38.4 Å².